The molecule has 0 saturated carbocycles. The number of hydrogen-bond acceptors (Lipinski definition) is 2. The van der Waals surface area contributed by atoms with Crippen LogP contribution in [0.2, 0.25) is 19.6 Å². The second kappa shape index (κ2) is 12.4. The first kappa shape index (κ1) is 26.3. The summed E-state index contributed by atoms with van der Waals surface area (Å²) in [5.41, 5.74) is 3.97. The quantitative estimate of drug-likeness (QED) is 0.249. The molecular weight excluding hydrogens is 461 g/mol. The third kappa shape index (κ3) is 7.35. The van der Waals surface area contributed by atoms with Gasteiger partial charge in [-0.25, -0.2) is 0 Å². The largest absolute Gasteiger partial charge is 0.274 e. The number of hydrogen-bond donors (Lipinski definition) is 0. The number of pyridine rings is 1. The van der Waals surface area contributed by atoms with Gasteiger partial charge in [-0.3, -0.25) is 9.20 Å². The van der Waals surface area contributed by atoms with Crippen molar-refractivity contribution in [1.82, 2.24) is 4.98 Å². The molecule has 5 rings (SSSR count). The van der Waals surface area contributed by atoms with E-state index in [9.17, 15) is 0 Å². The highest BCUT2D eigenvalue weighted by Gasteiger charge is 2.49. The van der Waals surface area contributed by atoms with Gasteiger partial charge in [-0.1, -0.05) is 81.0 Å². The molecule has 2 nitrogen and oxygen atoms in total. The molecule has 2 aromatic carbocycles. The van der Waals surface area contributed by atoms with Gasteiger partial charge in [0.1, 0.15) is 16.8 Å². The molecule has 186 valence electrons. The Labute approximate surface area is 215 Å². The maximum absolute atomic E-state index is 7.34. The summed E-state index contributed by atoms with van der Waals surface area (Å²) in [7, 11) is -4.02. The van der Waals surface area contributed by atoms with Crippen LogP contribution in [-0.4, -0.2) is 13.3 Å². The first-order valence-electron chi connectivity index (χ1n) is 13.6. The van der Waals surface area contributed by atoms with Crippen LogP contribution in [0.15, 0.2) is 72.8 Å². The standard InChI is InChI=1S/C31H43NOPSi/c1-35(2,3)33-34(29-20-14-10-15-21-29,30-22-16-11-17-23-30)26-31-27-18-12-8-6-4-5-7-9-13-19-28(32-31)25-24-27/h10-11,14-17,20-25H,4-9,12-13,18-19,26H2,1-3H3/q+1. The fourth-order valence-electron chi connectivity index (χ4n) is 5.25. The van der Waals surface area contributed by atoms with Gasteiger partial charge in [-0.15, -0.1) is 0 Å². The van der Waals surface area contributed by atoms with Crippen LogP contribution in [0.1, 0.15) is 68.3 Å². The zero-order valence-electron chi connectivity index (χ0n) is 22.0. The van der Waals surface area contributed by atoms with E-state index in [2.05, 4.69) is 92.4 Å². The average molecular weight is 505 g/mol. The molecule has 1 aliphatic carbocycles. The van der Waals surface area contributed by atoms with E-state index in [0.29, 0.717) is 0 Å². The molecule has 1 aromatic heterocycles. The lowest BCUT2D eigenvalue weighted by Crippen LogP contribution is -2.35. The fourth-order valence-corrected chi connectivity index (χ4v) is 12.8. The Bertz CT molecular complexity index is 1010. The third-order valence-corrected chi connectivity index (χ3v) is 13.4. The molecule has 2 heterocycles. The topological polar surface area (TPSA) is 22.1 Å². The predicted molar refractivity (Wildman–Crippen MR) is 156 cm³/mol. The van der Waals surface area contributed by atoms with Gasteiger partial charge >= 0.3 is 0 Å². The van der Waals surface area contributed by atoms with Gasteiger partial charge in [0.2, 0.25) is 8.32 Å². The molecule has 4 heteroatoms. The lowest BCUT2D eigenvalue weighted by molar-refractivity contribution is 0.562. The lowest BCUT2D eigenvalue weighted by atomic mass is 10.0. The first-order valence-corrected chi connectivity index (χ1v) is 18.9. The predicted octanol–water partition coefficient (Wildman–Crippen LogP) is 8.24. The van der Waals surface area contributed by atoms with E-state index in [1.165, 1.54) is 78.9 Å². The van der Waals surface area contributed by atoms with Crippen LogP contribution in [-0.2, 0) is 23.2 Å². The minimum absolute atomic E-state index is 0.883. The molecular formula is C31H43NOPSi+. The summed E-state index contributed by atoms with van der Waals surface area (Å²) in [6, 6.07) is 26.8. The highest BCUT2D eigenvalue weighted by molar-refractivity contribution is 7.85. The molecule has 1 aliphatic heterocycles. The summed E-state index contributed by atoms with van der Waals surface area (Å²) in [4.78, 5) is 5.37. The molecule has 35 heavy (non-hydrogen) atoms. The summed E-state index contributed by atoms with van der Waals surface area (Å²) in [6.07, 6.45) is 13.8. The minimum Gasteiger partial charge on any atom is -0.274 e. The van der Waals surface area contributed by atoms with Crippen molar-refractivity contribution >= 4 is 26.4 Å². The Morgan fingerprint density at radius 1 is 0.657 bits per heavy atom. The van der Waals surface area contributed by atoms with E-state index in [1.807, 2.05) is 0 Å². The third-order valence-electron chi connectivity index (χ3n) is 6.90. The Morgan fingerprint density at radius 3 is 1.71 bits per heavy atom. The number of fused-ring (bicyclic) bond motifs is 11. The molecule has 0 unspecified atom stereocenters. The summed E-state index contributed by atoms with van der Waals surface area (Å²) in [5.74, 6) is 0. The first-order chi connectivity index (χ1) is 17.0. The number of aryl methyl sites for hydroxylation is 2. The maximum Gasteiger partial charge on any atom is 0.243 e. The Balaban J connectivity index is 1.81. The van der Waals surface area contributed by atoms with E-state index in [4.69, 9.17) is 9.20 Å². The van der Waals surface area contributed by atoms with Crippen molar-refractivity contribution in [2.24, 2.45) is 0 Å². The number of nitrogens with zero attached hydrogens (tertiary/aromatic N) is 1. The van der Waals surface area contributed by atoms with Crippen molar-refractivity contribution in [3.63, 3.8) is 0 Å². The van der Waals surface area contributed by atoms with Crippen molar-refractivity contribution in [3.05, 3.63) is 89.7 Å². The van der Waals surface area contributed by atoms with Gasteiger partial charge in [0.05, 0.1) is 5.69 Å². The molecule has 2 aliphatic rings. The van der Waals surface area contributed by atoms with Gasteiger partial charge in [-0.2, -0.15) is 0 Å². The zero-order valence-corrected chi connectivity index (χ0v) is 23.9. The van der Waals surface area contributed by atoms with Gasteiger partial charge in [0, 0.05) is 5.69 Å². The molecule has 0 atom stereocenters. The Kier molecular flexibility index (Phi) is 9.33. The summed E-state index contributed by atoms with van der Waals surface area (Å²) < 4.78 is 7.34. The molecule has 0 radical (unpaired) electrons. The van der Waals surface area contributed by atoms with Gasteiger partial charge in [-0.05, 0) is 81.2 Å². The molecule has 2 bridgehead atoms. The second-order valence-corrected chi connectivity index (χ2v) is 18.8. The van der Waals surface area contributed by atoms with Crippen molar-refractivity contribution < 1.29 is 4.21 Å². The average Bonchev–Trinajstić information content (AvgIpc) is 2.86. The van der Waals surface area contributed by atoms with Gasteiger partial charge in [0.25, 0.3) is 0 Å². The monoisotopic (exact) mass is 504 g/mol. The number of benzene rings is 2. The molecule has 0 amide bonds. The van der Waals surface area contributed by atoms with E-state index >= 15 is 0 Å². The van der Waals surface area contributed by atoms with Crippen LogP contribution in [0, 0.1) is 0 Å². The van der Waals surface area contributed by atoms with E-state index < -0.39 is 15.8 Å². The summed E-state index contributed by atoms with van der Waals surface area (Å²) in [5, 5.41) is 2.67. The van der Waals surface area contributed by atoms with Gasteiger partial charge < -0.3 is 0 Å². The van der Waals surface area contributed by atoms with Crippen molar-refractivity contribution in [3.8, 4) is 0 Å². The highest BCUT2D eigenvalue weighted by Crippen LogP contribution is 2.62. The molecule has 3 aromatic rings. The fraction of sp³-hybridized carbons (Fsp3) is 0.452. The van der Waals surface area contributed by atoms with Crippen LogP contribution in [0.3, 0.4) is 0 Å². The summed E-state index contributed by atoms with van der Waals surface area (Å²) >= 11 is 0. The van der Waals surface area contributed by atoms with Crippen molar-refractivity contribution in [2.45, 2.75) is 90.0 Å². The van der Waals surface area contributed by atoms with Crippen LogP contribution in [0.5, 0.6) is 0 Å². The number of aromatic nitrogens is 1. The van der Waals surface area contributed by atoms with E-state index in [1.54, 1.807) is 0 Å². The van der Waals surface area contributed by atoms with Crippen LogP contribution >= 0.6 is 7.49 Å². The summed E-state index contributed by atoms with van der Waals surface area (Å²) in [6.45, 7) is 6.99. The van der Waals surface area contributed by atoms with Crippen LogP contribution in [0.4, 0.5) is 0 Å². The highest BCUT2D eigenvalue weighted by atomic mass is 31.2. The molecule has 0 N–H and O–H groups in total. The minimum atomic E-state index is -2.15. The van der Waals surface area contributed by atoms with Crippen LogP contribution in [0.25, 0.3) is 0 Å². The van der Waals surface area contributed by atoms with E-state index in [0.717, 1.165) is 19.0 Å². The SMILES string of the molecule is C[Si](C)(C)O[P+](Cc1nc2ccc1CCCCCCCCCC2)(c1ccccc1)c1ccccc1. The number of rotatable bonds is 6. The van der Waals surface area contributed by atoms with Crippen molar-refractivity contribution in [2.75, 3.05) is 0 Å². The lowest BCUT2D eigenvalue weighted by Gasteiger charge is -2.32. The second-order valence-electron chi connectivity index (χ2n) is 11.0. The van der Waals surface area contributed by atoms with Gasteiger partial charge in [0.15, 0.2) is 7.49 Å². The maximum atomic E-state index is 7.34. The molecule has 0 spiro atoms. The van der Waals surface area contributed by atoms with Crippen molar-refractivity contribution in [1.29, 1.82) is 0 Å². The Hall–Kier alpha value is -1.80. The Morgan fingerprint density at radius 2 is 1.17 bits per heavy atom. The normalized spacial score (nSPS) is 16.1. The molecule has 0 saturated heterocycles. The van der Waals surface area contributed by atoms with E-state index in [-0.39, 0.29) is 0 Å². The zero-order chi connectivity index (χ0) is 24.6. The van der Waals surface area contributed by atoms with Crippen LogP contribution < -0.4 is 10.6 Å². The smallest absolute Gasteiger partial charge is 0.243 e. The molecule has 0 fully saturated rings.